The average Bonchev–Trinajstić information content (AvgIpc) is 2.85. The van der Waals surface area contributed by atoms with Gasteiger partial charge in [0.25, 0.3) is 15.7 Å². The Kier molecular flexibility index (Phi) is 3.17. The number of nitrogens with one attached hydrogen (secondary N) is 2. The van der Waals surface area contributed by atoms with Gasteiger partial charge in [-0.05, 0) is 6.07 Å². The van der Waals surface area contributed by atoms with Gasteiger partial charge in [0.1, 0.15) is 4.90 Å². The first-order chi connectivity index (χ1) is 8.90. The largest absolute Gasteiger partial charge is 0.284 e. The summed E-state index contributed by atoms with van der Waals surface area (Å²) in [5.74, 6) is -1.04. The summed E-state index contributed by atoms with van der Waals surface area (Å²) >= 11 is 0. The summed E-state index contributed by atoms with van der Waals surface area (Å²) < 4.78 is 39.0. The molecule has 0 fully saturated rings. The Bertz CT molecular complexity index is 714. The second-order valence-electron chi connectivity index (χ2n) is 3.46. The lowest BCUT2D eigenvalue weighted by Gasteiger charge is -2.06. The zero-order chi connectivity index (χ0) is 14.0. The third-order valence-electron chi connectivity index (χ3n) is 2.19. The van der Waals surface area contributed by atoms with Crippen molar-refractivity contribution in [1.82, 2.24) is 10.2 Å². The van der Waals surface area contributed by atoms with Gasteiger partial charge in [-0.2, -0.15) is 5.10 Å². The Labute approximate surface area is 106 Å². The lowest BCUT2D eigenvalue weighted by molar-refractivity contribution is -0.385. The van der Waals surface area contributed by atoms with Crippen molar-refractivity contribution in [2.45, 2.75) is 4.90 Å². The van der Waals surface area contributed by atoms with Gasteiger partial charge < -0.3 is 0 Å². The van der Waals surface area contributed by atoms with Crippen LogP contribution in [0.5, 0.6) is 0 Å². The first-order valence-electron chi connectivity index (χ1n) is 4.86. The zero-order valence-electron chi connectivity index (χ0n) is 9.20. The van der Waals surface area contributed by atoms with Crippen molar-refractivity contribution in [2.75, 3.05) is 4.72 Å². The molecule has 0 aliphatic heterocycles. The number of benzene rings is 1. The van der Waals surface area contributed by atoms with Crippen molar-refractivity contribution in [1.29, 1.82) is 0 Å². The van der Waals surface area contributed by atoms with Crippen LogP contribution < -0.4 is 4.72 Å². The number of non-ortho nitro benzene ring substituents is 1. The summed E-state index contributed by atoms with van der Waals surface area (Å²) in [5, 5.41) is 16.2. The molecule has 1 heterocycles. The predicted octanol–water partition coefficient (Wildman–Crippen LogP) is 1.26. The van der Waals surface area contributed by atoms with E-state index in [1.54, 1.807) is 0 Å². The van der Waals surface area contributed by atoms with E-state index in [2.05, 4.69) is 10.2 Å². The molecule has 19 heavy (non-hydrogen) atoms. The highest BCUT2D eigenvalue weighted by atomic mass is 32.2. The summed E-state index contributed by atoms with van der Waals surface area (Å²) in [6.07, 6.45) is 2.16. The standard InChI is InChI=1S/C9H7FN4O4S/c10-8-3-6(14(15)16)1-2-9(8)13-19(17,18)7-4-11-12-5-7/h1-5,13H,(H,11,12). The maximum atomic E-state index is 13.5. The van der Waals surface area contributed by atoms with Gasteiger partial charge in [0, 0.05) is 12.3 Å². The van der Waals surface area contributed by atoms with Crippen LogP contribution in [0.4, 0.5) is 15.8 Å². The Morgan fingerprint density at radius 2 is 2.16 bits per heavy atom. The molecule has 0 bridgehead atoms. The predicted molar refractivity (Wildman–Crippen MR) is 62.5 cm³/mol. The minimum Gasteiger partial charge on any atom is -0.284 e. The van der Waals surface area contributed by atoms with Crippen LogP contribution in [-0.4, -0.2) is 23.5 Å². The molecule has 0 saturated carbocycles. The molecule has 1 aromatic carbocycles. The highest BCUT2D eigenvalue weighted by Gasteiger charge is 2.18. The first-order valence-corrected chi connectivity index (χ1v) is 6.34. The minimum absolute atomic E-state index is 0.176. The lowest BCUT2D eigenvalue weighted by Crippen LogP contribution is -2.13. The fraction of sp³-hybridized carbons (Fsp3) is 0. The van der Waals surface area contributed by atoms with Gasteiger partial charge in [-0.1, -0.05) is 0 Å². The van der Waals surface area contributed by atoms with Gasteiger partial charge >= 0.3 is 0 Å². The fourth-order valence-corrected chi connectivity index (χ4v) is 2.26. The SMILES string of the molecule is O=[N+]([O-])c1ccc(NS(=O)(=O)c2cn[nH]c2)c(F)c1. The van der Waals surface area contributed by atoms with Gasteiger partial charge in [0.05, 0.1) is 22.9 Å². The van der Waals surface area contributed by atoms with E-state index < -0.39 is 26.5 Å². The number of rotatable bonds is 4. The van der Waals surface area contributed by atoms with Crippen molar-refractivity contribution in [2.24, 2.45) is 0 Å². The summed E-state index contributed by atoms with van der Waals surface area (Å²) in [6.45, 7) is 0. The van der Waals surface area contributed by atoms with Crippen LogP contribution in [0.1, 0.15) is 0 Å². The van der Waals surface area contributed by atoms with E-state index in [-0.39, 0.29) is 10.6 Å². The Hall–Kier alpha value is -2.49. The number of nitrogens with zero attached hydrogens (tertiary/aromatic N) is 2. The molecule has 10 heteroatoms. The molecule has 0 aliphatic carbocycles. The molecular formula is C9H7FN4O4S. The molecule has 0 atom stereocenters. The van der Waals surface area contributed by atoms with E-state index in [1.165, 1.54) is 0 Å². The highest BCUT2D eigenvalue weighted by molar-refractivity contribution is 7.92. The number of aromatic nitrogens is 2. The number of nitro groups is 1. The van der Waals surface area contributed by atoms with Gasteiger partial charge in [-0.3, -0.25) is 19.9 Å². The van der Waals surface area contributed by atoms with Crippen LogP contribution in [0.25, 0.3) is 0 Å². The number of hydrogen-bond donors (Lipinski definition) is 2. The van der Waals surface area contributed by atoms with Crippen molar-refractivity contribution in [3.63, 3.8) is 0 Å². The first kappa shape index (κ1) is 13.0. The number of aromatic amines is 1. The molecule has 0 saturated heterocycles. The van der Waals surface area contributed by atoms with Crippen LogP contribution in [0.15, 0.2) is 35.5 Å². The van der Waals surface area contributed by atoms with Crippen molar-refractivity contribution >= 4 is 21.4 Å². The van der Waals surface area contributed by atoms with E-state index in [0.29, 0.717) is 6.07 Å². The molecule has 0 amide bonds. The highest BCUT2D eigenvalue weighted by Crippen LogP contribution is 2.22. The molecule has 0 spiro atoms. The lowest BCUT2D eigenvalue weighted by atomic mass is 10.3. The second-order valence-corrected chi connectivity index (χ2v) is 5.14. The Morgan fingerprint density at radius 3 is 2.68 bits per heavy atom. The van der Waals surface area contributed by atoms with Gasteiger partial charge in [-0.25, -0.2) is 12.8 Å². The molecule has 100 valence electrons. The normalized spacial score (nSPS) is 11.2. The number of nitro benzene ring substituents is 1. The van der Waals surface area contributed by atoms with Gasteiger partial charge in [0.15, 0.2) is 5.82 Å². The maximum Gasteiger partial charge on any atom is 0.272 e. The monoisotopic (exact) mass is 286 g/mol. The third-order valence-corrected chi connectivity index (χ3v) is 3.52. The fourth-order valence-electron chi connectivity index (χ4n) is 1.29. The summed E-state index contributed by atoms with van der Waals surface area (Å²) in [5.41, 5.74) is -0.851. The second kappa shape index (κ2) is 4.65. The van der Waals surface area contributed by atoms with E-state index in [0.717, 1.165) is 24.5 Å². The Balaban J connectivity index is 2.32. The molecular weight excluding hydrogens is 279 g/mol. The smallest absolute Gasteiger partial charge is 0.272 e. The molecule has 0 aliphatic rings. The maximum absolute atomic E-state index is 13.5. The van der Waals surface area contributed by atoms with Crippen LogP contribution in [-0.2, 0) is 10.0 Å². The topological polar surface area (TPSA) is 118 Å². The third kappa shape index (κ3) is 2.68. The number of halogens is 1. The molecule has 2 rings (SSSR count). The molecule has 2 aromatic rings. The zero-order valence-corrected chi connectivity index (χ0v) is 10.0. The molecule has 2 N–H and O–H groups in total. The van der Waals surface area contributed by atoms with Crippen LogP contribution in [0.3, 0.4) is 0 Å². The van der Waals surface area contributed by atoms with E-state index in [9.17, 15) is 22.9 Å². The van der Waals surface area contributed by atoms with Crippen molar-refractivity contribution in [3.05, 3.63) is 46.5 Å². The van der Waals surface area contributed by atoms with E-state index in [4.69, 9.17) is 0 Å². The summed E-state index contributed by atoms with van der Waals surface area (Å²) in [6, 6.07) is 2.61. The molecule has 0 radical (unpaired) electrons. The van der Waals surface area contributed by atoms with Crippen LogP contribution in [0.2, 0.25) is 0 Å². The minimum atomic E-state index is -3.98. The van der Waals surface area contributed by atoms with Crippen LogP contribution >= 0.6 is 0 Å². The van der Waals surface area contributed by atoms with Crippen molar-refractivity contribution in [3.8, 4) is 0 Å². The average molecular weight is 286 g/mol. The summed E-state index contributed by atoms with van der Waals surface area (Å²) in [7, 11) is -3.98. The summed E-state index contributed by atoms with van der Waals surface area (Å²) in [4.78, 5) is 9.47. The van der Waals surface area contributed by atoms with E-state index in [1.807, 2.05) is 4.72 Å². The number of H-pyrrole nitrogens is 1. The number of anilines is 1. The van der Waals surface area contributed by atoms with Crippen molar-refractivity contribution < 1.29 is 17.7 Å². The molecule has 8 nitrogen and oxygen atoms in total. The van der Waals surface area contributed by atoms with Gasteiger partial charge in [0.2, 0.25) is 0 Å². The van der Waals surface area contributed by atoms with E-state index >= 15 is 0 Å². The molecule has 1 aromatic heterocycles. The Morgan fingerprint density at radius 1 is 1.42 bits per heavy atom. The quantitative estimate of drug-likeness (QED) is 0.648. The van der Waals surface area contributed by atoms with Gasteiger partial charge in [-0.15, -0.1) is 0 Å². The number of hydrogen-bond acceptors (Lipinski definition) is 5. The molecule has 0 unspecified atom stereocenters. The number of sulfonamides is 1. The van der Waals surface area contributed by atoms with Crippen LogP contribution in [0, 0.1) is 15.9 Å².